The number of rotatable bonds is 4. The van der Waals surface area contributed by atoms with Crippen LogP contribution in [0.5, 0.6) is 0 Å². The molecule has 2 heterocycles. The van der Waals surface area contributed by atoms with Gasteiger partial charge in [0.1, 0.15) is 29.6 Å². The Morgan fingerprint density at radius 1 is 1.06 bits per heavy atom. The van der Waals surface area contributed by atoms with Crippen molar-refractivity contribution in [3.63, 3.8) is 0 Å². The van der Waals surface area contributed by atoms with Gasteiger partial charge in [0.25, 0.3) is 0 Å². The normalized spacial score (nSPS) is 21.1. The van der Waals surface area contributed by atoms with Crippen LogP contribution in [0.15, 0.2) is 53.5 Å². The van der Waals surface area contributed by atoms with Gasteiger partial charge in [0, 0.05) is 19.2 Å². The largest absolute Gasteiger partial charge is 0.445 e. The summed E-state index contributed by atoms with van der Waals surface area (Å²) in [5.74, 6) is -0.992. The third kappa shape index (κ3) is 4.72. The van der Waals surface area contributed by atoms with E-state index in [1.165, 1.54) is 4.90 Å². The summed E-state index contributed by atoms with van der Waals surface area (Å²) < 4.78 is 33.6. The lowest BCUT2D eigenvalue weighted by atomic mass is 9.85. The van der Waals surface area contributed by atoms with Crippen LogP contribution in [0.25, 0.3) is 0 Å². The molecule has 3 amide bonds. The third-order valence-electron chi connectivity index (χ3n) is 7.09. The molecule has 9 heteroatoms. The van der Waals surface area contributed by atoms with E-state index in [9.17, 15) is 18.4 Å². The van der Waals surface area contributed by atoms with Crippen molar-refractivity contribution in [2.24, 2.45) is 4.99 Å². The average Bonchev–Trinajstić information content (AvgIpc) is 3.44. The van der Waals surface area contributed by atoms with Crippen LogP contribution >= 0.6 is 0 Å². The fourth-order valence-electron chi connectivity index (χ4n) is 5.31. The summed E-state index contributed by atoms with van der Waals surface area (Å²) in [6.45, 7) is 0.811. The predicted molar refractivity (Wildman–Crippen MR) is 127 cm³/mol. The van der Waals surface area contributed by atoms with Gasteiger partial charge in [0.2, 0.25) is 0 Å². The number of nitrogens with zero attached hydrogens (tertiary/aromatic N) is 3. The number of carbonyl (C=O) groups excluding carboxylic acids is 2. The van der Waals surface area contributed by atoms with E-state index in [1.807, 2.05) is 30.3 Å². The number of benzene rings is 2. The van der Waals surface area contributed by atoms with E-state index in [-0.39, 0.29) is 18.3 Å². The summed E-state index contributed by atoms with van der Waals surface area (Å²) in [4.78, 5) is 33.7. The van der Waals surface area contributed by atoms with E-state index in [0.29, 0.717) is 31.8 Å². The molecule has 2 aromatic rings. The van der Waals surface area contributed by atoms with Crippen LogP contribution in [-0.2, 0) is 11.3 Å². The molecule has 2 saturated heterocycles. The van der Waals surface area contributed by atoms with E-state index in [1.54, 1.807) is 4.90 Å². The fraction of sp³-hybridized carbons (Fsp3) is 0.423. The molecule has 35 heavy (non-hydrogen) atoms. The van der Waals surface area contributed by atoms with Crippen LogP contribution in [0.3, 0.4) is 0 Å². The molecule has 1 spiro atoms. The number of amides is 3. The Hall–Kier alpha value is -3.49. The molecule has 3 fully saturated rings. The molecule has 3 aliphatic rings. The van der Waals surface area contributed by atoms with Gasteiger partial charge in [-0.25, -0.2) is 18.4 Å². The molecule has 0 aromatic heterocycles. The van der Waals surface area contributed by atoms with Gasteiger partial charge < -0.3 is 9.64 Å². The molecule has 5 rings (SSSR count). The Morgan fingerprint density at radius 3 is 2.37 bits per heavy atom. The van der Waals surface area contributed by atoms with E-state index >= 15 is 0 Å². The zero-order valence-corrected chi connectivity index (χ0v) is 19.4. The van der Waals surface area contributed by atoms with Gasteiger partial charge >= 0.3 is 12.1 Å². The number of piperidine rings is 1. The standard InChI is InChI=1S/C26H28F2N4O3/c27-19-14-20(28)16-22(15-19)32-24(33)30-23(29-21-8-4-5-9-21)26(32)10-12-31(13-11-26)25(34)35-17-18-6-2-1-3-7-18/h1-3,6-7,14-16,21H,4-5,8-13,17H2,(H,29,30,33). The minimum absolute atomic E-state index is 0.111. The van der Waals surface area contributed by atoms with E-state index in [2.05, 4.69) is 5.32 Å². The van der Waals surface area contributed by atoms with Gasteiger partial charge in [-0.1, -0.05) is 43.2 Å². The van der Waals surface area contributed by atoms with Crippen molar-refractivity contribution in [2.75, 3.05) is 18.0 Å². The highest BCUT2D eigenvalue weighted by molar-refractivity contribution is 6.19. The number of amidine groups is 1. The van der Waals surface area contributed by atoms with Crippen molar-refractivity contribution < 1.29 is 23.1 Å². The molecule has 0 atom stereocenters. The van der Waals surface area contributed by atoms with Crippen molar-refractivity contribution >= 4 is 23.6 Å². The Bertz CT molecular complexity index is 1110. The Kier molecular flexibility index (Phi) is 6.40. The van der Waals surface area contributed by atoms with Crippen molar-refractivity contribution in [1.29, 1.82) is 0 Å². The van der Waals surface area contributed by atoms with Crippen LogP contribution < -0.4 is 10.2 Å². The number of nitrogens with one attached hydrogen (secondary N) is 1. The second-order valence-corrected chi connectivity index (χ2v) is 9.37. The summed E-state index contributed by atoms with van der Waals surface area (Å²) >= 11 is 0. The highest BCUT2D eigenvalue weighted by Crippen LogP contribution is 2.39. The van der Waals surface area contributed by atoms with E-state index in [4.69, 9.17) is 9.73 Å². The molecule has 0 bridgehead atoms. The number of aliphatic imine (C=N–C) groups is 1. The Morgan fingerprint density at radius 2 is 1.71 bits per heavy atom. The first-order valence-electron chi connectivity index (χ1n) is 12.1. The molecule has 0 radical (unpaired) electrons. The SMILES string of the molecule is O=C(OCc1ccccc1)N1CCC2(CC1)C(=NC1CCCC1)NC(=O)N2c1cc(F)cc(F)c1. The van der Waals surface area contributed by atoms with Crippen LogP contribution in [0.1, 0.15) is 44.1 Å². The number of halogens is 2. The van der Waals surface area contributed by atoms with Crippen LogP contribution in [0, 0.1) is 11.6 Å². The maximum Gasteiger partial charge on any atom is 0.410 e. The third-order valence-corrected chi connectivity index (χ3v) is 7.09. The summed E-state index contributed by atoms with van der Waals surface area (Å²) in [5.41, 5.74) is 0.123. The lowest BCUT2D eigenvalue weighted by molar-refractivity contribution is 0.0842. The topological polar surface area (TPSA) is 74.2 Å². The molecular formula is C26H28F2N4O3. The molecule has 1 aliphatic carbocycles. The van der Waals surface area contributed by atoms with Gasteiger partial charge in [-0.15, -0.1) is 0 Å². The maximum atomic E-state index is 14.1. The Balaban J connectivity index is 1.38. The number of anilines is 1. The van der Waals surface area contributed by atoms with Crippen LogP contribution in [0.2, 0.25) is 0 Å². The second-order valence-electron chi connectivity index (χ2n) is 9.37. The van der Waals surface area contributed by atoms with Gasteiger partial charge in [-0.05, 0) is 43.4 Å². The molecular weight excluding hydrogens is 454 g/mol. The maximum absolute atomic E-state index is 14.1. The first-order chi connectivity index (χ1) is 16.9. The number of hydrogen-bond donors (Lipinski definition) is 1. The lowest BCUT2D eigenvalue weighted by Gasteiger charge is -2.43. The van der Waals surface area contributed by atoms with Crippen LogP contribution in [0.4, 0.5) is 24.1 Å². The monoisotopic (exact) mass is 482 g/mol. The number of hydrogen-bond acceptors (Lipinski definition) is 4. The van der Waals surface area contributed by atoms with Crippen LogP contribution in [-0.4, -0.2) is 47.5 Å². The average molecular weight is 483 g/mol. The number of carbonyl (C=O) groups is 2. The van der Waals surface area contributed by atoms with Gasteiger partial charge in [-0.2, -0.15) is 0 Å². The molecule has 2 aromatic carbocycles. The van der Waals surface area contributed by atoms with Crippen molar-refractivity contribution in [3.8, 4) is 0 Å². The lowest BCUT2D eigenvalue weighted by Crippen LogP contribution is -2.58. The Labute approximate surface area is 202 Å². The number of likely N-dealkylation sites (tertiary alicyclic amines) is 1. The first kappa shape index (κ1) is 23.3. The molecule has 0 unspecified atom stereocenters. The first-order valence-corrected chi connectivity index (χ1v) is 12.1. The number of urea groups is 1. The highest BCUT2D eigenvalue weighted by Gasteiger charge is 2.54. The molecule has 1 N–H and O–H groups in total. The van der Waals surface area contributed by atoms with E-state index in [0.717, 1.165) is 49.4 Å². The van der Waals surface area contributed by atoms with Crippen molar-refractivity contribution in [3.05, 3.63) is 65.7 Å². The zero-order chi connectivity index (χ0) is 24.4. The van der Waals surface area contributed by atoms with E-state index < -0.39 is 29.3 Å². The summed E-state index contributed by atoms with van der Waals surface area (Å²) in [6, 6.07) is 12.2. The second kappa shape index (κ2) is 9.64. The zero-order valence-electron chi connectivity index (χ0n) is 19.4. The summed E-state index contributed by atoms with van der Waals surface area (Å²) in [5, 5.41) is 2.88. The van der Waals surface area contributed by atoms with Crippen molar-refractivity contribution in [1.82, 2.24) is 10.2 Å². The summed E-state index contributed by atoms with van der Waals surface area (Å²) in [7, 11) is 0. The van der Waals surface area contributed by atoms with Gasteiger partial charge in [0.15, 0.2) is 0 Å². The molecule has 184 valence electrons. The van der Waals surface area contributed by atoms with Gasteiger partial charge in [-0.3, -0.25) is 15.2 Å². The molecule has 2 aliphatic heterocycles. The fourth-order valence-corrected chi connectivity index (χ4v) is 5.31. The summed E-state index contributed by atoms with van der Waals surface area (Å²) in [6.07, 6.45) is 4.37. The predicted octanol–water partition coefficient (Wildman–Crippen LogP) is 5.01. The minimum atomic E-state index is -0.907. The smallest absolute Gasteiger partial charge is 0.410 e. The van der Waals surface area contributed by atoms with Crippen molar-refractivity contribution in [2.45, 2.75) is 56.7 Å². The number of ether oxygens (including phenoxy) is 1. The quantitative estimate of drug-likeness (QED) is 0.666. The molecule has 1 saturated carbocycles. The minimum Gasteiger partial charge on any atom is -0.445 e. The highest BCUT2D eigenvalue weighted by atomic mass is 19.1. The molecule has 7 nitrogen and oxygen atoms in total. The van der Waals surface area contributed by atoms with Gasteiger partial charge in [0.05, 0.1) is 11.7 Å².